The third-order valence-electron chi connectivity index (χ3n) is 2.73. The highest BCUT2D eigenvalue weighted by atomic mass is 16.1. The molecule has 0 aliphatic heterocycles. The maximum absolute atomic E-state index is 11.4. The summed E-state index contributed by atoms with van der Waals surface area (Å²) >= 11 is 0. The number of aldehydes is 1. The molecule has 2 nitrogen and oxygen atoms in total. The van der Waals surface area contributed by atoms with Gasteiger partial charge in [-0.2, -0.15) is 0 Å². The molecule has 0 N–H and O–H groups in total. The minimum absolute atomic E-state index is 0.119. The van der Waals surface area contributed by atoms with Gasteiger partial charge in [-0.05, 0) is 23.3 Å². The Morgan fingerprint density at radius 3 is 2.50 bits per heavy atom. The molecule has 2 heteroatoms. The standard InChI is InChI=1S/C14H12O2/c1-10(16)14(9-15)13-8-4-6-11-5-2-3-7-12(11)13/h2-9,14H,1H3. The lowest BCUT2D eigenvalue weighted by Crippen LogP contribution is -2.10. The molecular formula is C14H12O2. The summed E-state index contributed by atoms with van der Waals surface area (Å²) in [6.45, 7) is 1.45. The van der Waals surface area contributed by atoms with Crippen LogP contribution >= 0.6 is 0 Å². The largest absolute Gasteiger partial charge is 0.302 e. The van der Waals surface area contributed by atoms with E-state index in [1.54, 1.807) is 0 Å². The monoisotopic (exact) mass is 212 g/mol. The molecule has 0 aliphatic rings. The molecule has 0 spiro atoms. The third kappa shape index (κ3) is 1.74. The molecule has 0 radical (unpaired) electrons. The van der Waals surface area contributed by atoms with E-state index in [2.05, 4.69) is 0 Å². The fourth-order valence-electron chi connectivity index (χ4n) is 1.91. The average Bonchev–Trinajstić information content (AvgIpc) is 2.30. The Bertz CT molecular complexity index is 538. The quantitative estimate of drug-likeness (QED) is 0.579. The summed E-state index contributed by atoms with van der Waals surface area (Å²) in [5, 5.41) is 2.02. The van der Waals surface area contributed by atoms with Crippen molar-refractivity contribution in [3.8, 4) is 0 Å². The summed E-state index contributed by atoms with van der Waals surface area (Å²) in [5.74, 6) is -0.766. The van der Waals surface area contributed by atoms with Crippen LogP contribution in [-0.4, -0.2) is 12.1 Å². The van der Waals surface area contributed by atoms with Gasteiger partial charge >= 0.3 is 0 Å². The molecule has 1 atom stereocenters. The van der Waals surface area contributed by atoms with Crippen molar-refractivity contribution in [2.24, 2.45) is 0 Å². The predicted octanol–water partition coefficient (Wildman–Crippen LogP) is 2.71. The smallest absolute Gasteiger partial charge is 0.144 e. The number of hydrogen-bond acceptors (Lipinski definition) is 2. The van der Waals surface area contributed by atoms with Crippen LogP contribution in [-0.2, 0) is 9.59 Å². The van der Waals surface area contributed by atoms with Gasteiger partial charge in [0.15, 0.2) is 0 Å². The lowest BCUT2D eigenvalue weighted by Gasteiger charge is -2.10. The van der Waals surface area contributed by atoms with Crippen molar-refractivity contribution < 1.29 is 9.59 Å². The summed E-state index contributed by atoms with van der Waals surface area (Å²) in [7, 11) is 0. The van der Waals surface area contributed by atoms with E-state index in [1.807, 2.05) is 42.5 Å². The summed E-state index contributed by atoms with van der Waals surface area (Å²) in [4.78, 5) is 22.4. The highest BCUT2D eigenvalue weighted by Gasteiger charge is 2.17. The zero-order valence-electron chi connectivity index (χ0n) is 9.01. The minimum atomic E-state index is -0.647. The second-order valence-electron chi connectivity index (χ2n) is 3.79. The van der Waals surface area contributed by atoms with Crippen LogP contribution in [0, 0.1) is 0 Å². The second-order valence-corrected chi connectivity index (χ2v) is 3.79. The fraction of sp³-hybridized carbons (Fsp3) is 0.143. The van der Waals surface area contributed by atoms with Gasteiger partial charge in [-0.3, -0.25) is 4.79 Å². The van der Waals surface area contributed by atoms with E-state index < -0.39 is 5.92 Å². The molecule has 0 amide bonds. The number of carbonyl (C=O) groups excluding carboxylic acids is 2. The number of ketones is 1. The van der Waals surface area contributed by atoms with Crippen LogP contribution in [0.3, 0.4) is 0 Å². The van der Waals surface area contributed by atoms with Gasteiger partial charge in [-0.25, -0.2) is 0 Å². The van der Waals surface area contributed by atoms with Gasteiger partial charge in [-0.15, -0.1) is 0 Å². The molecule has 1 unspecified atom stereocenters. The SMILES string of the molecule is CC(=O)C(C=O)c1cccc2ccccc12. The van der Waals surface area contributed by atoms with Gasteiger partial charge in [0.1, 0.15) is 12.1 Å². The lowest BCUT2D eigenvalue weighted by atomic mass is 9.92. The van der Waals surface area contributed by atoms with Gasteiger partial charge in [-0.1, -0.05) is 42.5 Å². The third-order valence-corrected chi connectivity index (χ3v) is 2.73. The van der Waals surface area contributed by atoms with Crippen molar-refractivity contribution in [1.82, 2.24) is 0 Å². The topological polar surface area (TPSA) is 34.1 Å². The molecule has 0 heterocycles. The van der Waals surface area contributed by atoms with Gasteiger partial charge < -0.3 is 4.79 Å². The van der Waals surface area contributed by atoms with E-state index in [4.69, 9.17) is 0 Å². The molecule has 0 aromatic heterocycles. The first-order chi connectivity index (χ1) is 7.74. The minimum Gasteiger partial charge on any atom is -0.302 e. The number of carbonyl (C=O) groups is 2. The Balaban J connectivity index is 2.68. The zero-order valence-corrected chi connectivity index (χ0v) is 9.01. The van der Waals surface area contributed by atoms with Crippen molar-refractivity contribution in [1.29, 1.82) is 0 Å². The first-order valence-electron chi connectivity index (χ1n) is 5.17. The Morgan fingerprint density at radius 2 is 1.81 bits per heavy atom. The van der Waals surface area contributed by atoms with Gasteiger partial charge in [0.2, 0.25) is 0 Å². The van der Waals surface area contributed by atoms with Crippen molar-refractivity contribution in [3.05, 3.63) is 48.0 Å². The number of benzene rings is 2. The summed E-state index contributed by atoms with van der Waals surface area (Å²) in [6, 6.07) is 13.4. The second kappa shape index (κ2) is 4.27. The molecule has 2 aromatic rings. The van der Waals surface area contributed by atoms with Gasteiger partial charge in [0.05, 0.1) is 5.92 Å². The van der Waals surface area contributed by atoms with Crippen molar-refractivity contribution in [3.63, 3.8) is 0 Å². The highest BCUT2D eigenvalue weighted by molar-refractivity contribution is 6.02. The van der Waals surface area contributed by atoms with E-state index >= 15 is 0 Å². The Hall–Kier alpha value is -1.96. The van der Waals surface area contributed by atoms with E-state index in [9.17, 15) is 9.59 Å². The molecule has 0 aliphatic carbocycles. The molecule has 0 saturated carbocycles. The number of Topliss-reactive ketones (excluding diaryl/α,β-unsaturated/α-hetero) is 1. The predicted molar refractivity (Wildman–Crippen MR) is 63.4 cm³/mol. The summed E-state index contributed by atoms with van der Waals surface area (Å²) in [5.41, 5.74) is 0.792. The van der Waals surface area contributed by atoms with Crippen molar-refractivity contribution in [2.75, 3.05) is 0 Å². The van der Waals surface area contributed by atoms with Gasteiger partial charge in [0, 0.05) is 0 Å². The first-order valence-corrected chi connectivity index (χ1v) is 5.17. The van der Waals surface area contributed by atoms with Crippen molar-refractivity contribution in [2.45, 2.75) is 12.8 Å². The normalized spacial score (nSPS) is 12.3. The summed E-state index contributed by atoms with van der Waals surface area (Å²) in [6.07, 6.45) is 0.712. The van der Waals surface area contributed by atoms with E-state index in [0.29, 0.717) is 6.29 Å². The lowest BCUT2D eigenvalue weighted by molar-refractivity contribution is -0.122. The highest BCUT2D eigenvalue weighted by Crippen LogP contribution is 2.25. The number of rotatable bonds is 3. The number of fused-ring (bicyclic) bond motifs is 1. The van der Waals surface area contributed by atoms with E-state index in [1.165, 1.54) is 6.92 Å². The van der Waals surface area contributed by atoms with Crippen LogP contribution in [0.1, 0.15) is 18.4 Å². The van der Waals surface area contributed by atoms with Crippen molar-refractivity contribution >= 4 is 22.8 Å². The Morgan fingerprint density at radius 1 is 1.12 bits per heavy atom. The molecule has 2 rings (SSSR count). The van der Waals surface area contributed by atoms with E-state index in [0.717, 1.165) is 16.3 Å². The Kier molecular flexibility index (Phi) is 2.82. The first kappa shape index (κ1) is 10.6. The fourth-order valence-corrected chi connectivity index (χ4v) is 1.91. The molecule has 16 heavy (non-hydrogen) atoms. The molecule has 2 aromatic carbocycles. The molecular weight excluding hydrogens is 200 g/mol. The molecule has 80 valence electrons. The molecule has 0 saturated heterocycles. The van der Waals surface area contributed by atoms with Crippen LogP contribution in [0.25, 0.3) is 10.8 Å². The maximum atomic E-state index is 11.4. The average molecular weight is 212 g/mol. The van der Waals surface area contributed by atoms with Crippen LogP contribution in [0.2, 0.25) is 0 Å². The van der Waals surface area contributed by atoms with E-state index in [-0.39, 0.29) is 5.78 Å². The van der Waals surface area contributed by atoms with Crippen LogP contribution < -0.4 is 0 Å². The zero-order chi connectivity index (χ0) is 11.5. The van der Waals surface area contributed by atoms with Gasteiger partial charge in [0.25, 0.3) is 0 Å². The maximum Gasteiger partial charge on any atom is 0.144 e. The number of hydrogen-bond donors (Lipinski definition) is 0. The molecule has 0 fully saturated rings. The molecule has 0 bridgehead atoms. The summed E-state index contributed by atoms with van der Waals surface area (Å²) < 4.78 is 0. The van der Waals surface area contributed by atoms with Crippen LogP contribution in [0.4, 0.5) is 0 Å². The van der Waals surface area contributed by atoms with Crippen LogP contribution in [0.15, 0.2) is 42.5 Å². The Labute approximate surface area is 93.9 Å². The van der Waals surface area contributed by atoms with Crippen LogP contribution in [0.5, 0.6) is 0 Å².